The highest BCUT2D eigenvalue weighted by Gasteiger charge is 2.71. The van der Waals surface area contributed by atoms with Crippen molar-refractivity contribution in [2.24, 2.45) is 0 Å². The third-order valence-electron chi connectivity index (χ3n) is 3.07. The fourth-order valence-electron chi connectivity index (χ4n) is 1.62. The zero-order valence-electron chi connectivity index (χ0n) is 12.1. The molecule has 0 aliphatic rings. The van der Waals surface area contributed by atoms with Crippen LogP contribution in [0.25, 0.3) is 0 Å². The highest BCUT2D eigenvalue weighted by molar-refractivity contribution is 7.54. The van der Waals surface area contributed by atoms with Gasteiger partial charge >= 0.3 is 19.2 Å². The van der Waals surface area contributed by atoms with Gasteiger partial charge in [0.1, 0.15) is 5.56 Å². The maximum Gasteiger partial charge on any atom is 0.412 e. The van der Waals surface area contributed by atoms with Crippen LogP contribution in [0.2, 0.25) is 0 Å². The smallest absolute Gasteiger partial charge is 0.320 e. The molecule has 0 bridgehead atoms. The van der Waals surface area contributed by atoms with E-state index in [4.69, 9.17) is 0 Å². The van der Waals surface area contributed by atoms with Gasteiger partial charge in [0.25, 0.3) is 5.69 Å². The third-order valence-corrected chi connectivity index (χ3v) is 4.71. The molecule has 130 valence electrons. The van der Waals surface area contributed by atoms with Crippen molar-refractivity contribution in [3.05, 3.63) is 39.9 Å². The minimum absolute atomic E-state index is 0.0255. The topological polar surface area (TPSA) is 89.7 Å². The maximum atomic E-state index is 14.1. The molecule has 1 aromatic carbocycles. The Morgan fingerprint density at radius 1 is 1.35 bits per heavy atom. The van der Waals surface area contributed by atoms with E-state index < -0.39 is 41.5 Å². The SMILES string of the molecule is CCC(C)OP(=O)(O)C(F)(F)C(F)(F)c1ccccc1[N+](=O)[O-]. The second-order valence-electron chi connectivity index (χ2n) is 4.73. The van der Waals surface area contributed by atoms with Crippen molar-refractivity contribution in [1.82, 2.24) is 0 Å². The summed E-state index contributed by atoms with van der Waals surface area (Å²) in [5, 5.41) is 10.7. The van der Waals surface area contributed by atoms with Gasteiger partial charge < -0.3 is 9.42 Å². The lowest BCUT2D eigenvalue weighted by molar-refractivity contribution is -0.387. The molecule has 6 nitrogen and oxygen atoms in total. The molecule has 0 fully saturated rings. The third kappa shape index (κ3) is 3.54. The van der Waals surface area contributed by atoms with Gasteiger partial charge in [0, 0.05) is 6.07 Å². The van der Waals surface area contributed by atoms with Gasteiger partial charge in [-0.05, 0) is 19.4 Å². The maximum absolute atomic E-state index is 14.1. The van der Waals surface area contributed by atoms with Gasteiger partial charge in [0.05, 0.1) is 11.0 Å². The van der Waals surface area contributed by atoms with Gasteiger partial charge in [-0.3, -0.25) is 14.7 Å². The molecule has 1 rings (SSSR count). The van der Waals surface area contributed by atoms with Crippen LogP contribution in [-0.2, 0) is 15.0 Å². The first-order valence-corrected chi connectivity index (χ1v) is 7.97. The van der Waals surface area contributed by atoms with E-state index in [1.807, 2.05) is 0 Å². The van der Waals surface area contributed by atoms with Crippen LogP contribution in [0.4, 0.5) is 23.2 Å². The molecule has 0 saturated carbocycles. The van der Waals surface area contributed by atoms with Gasteiger partial charge in [-0.1, -0.05) is 19.1 Å². The summed E-state index contributed by atoms with van der Waals surface area (Å²) in [7, 11) is -6.11. The standard InChI is InChI=1S/C12H14F4NO5P/c1-3-8(2)22-23(20,21)12(15,16)11(13,14)9-6-4-5-7-10(9)17(18)19/h4-8H,3H2,1-2H3,(H,20,21). The number of nitrogens with zero attached hydrogens (tertiary/aromatic N) is 1. The monoisotopic (exact) mass is 359 g/mol. The van der Waals surface area contributed by atoms with E-state index in [0.717, 1.165) is 19.1 Å². The second kappa shape index (κ2) is 6.54. The molecule has 0 aliphatic carbocycles. The van der Waals surface area contributed by atoms with E-state index in [1.54, 1.807) is 0 Å². The van der Waals surface area contributed by atoms with E-state index in [-0.39, 0.29) is 6.42 Å². The summed E-state index contributed by atoms with van der Waals surface area (Å²) in [5.41, 5.74) is -8.51. The number of para-hydroxylation sites is 1. The molecule has 2 unspecified atom stereocenters. The average molecular weight is 359 g/mol. The number of hydrogen-bond donors (Lipinski definition) is 1. The van der Waals surface area contributed by atoms with Crippen LogP contribution in [-0.4, -0.2) is 21.6 Å². The Bertz CT molecular complexity index is 640. The van der Waals surface area contributed by atoms with Gasteiger partial charge in [0.2, 0.25) is 0 Å². The summed E-state index contributed by atoms with van der Waals surface area (Å²) >= 11 is 0. The summed E-state index contributed by atoms with van der Waals surface area (Å²) in [6, 6.07) is 2.88. The molecule has 0 radical (unpaired) electrons. The van der Waals surface area contributed by atoms with Gasteiger partial charge in [-0.15, -0.1) is 0 Å². The van der Waals surface area contributed by atoms with Gasteiger partial charge in [-0.25, -0.2) is 0 Å². The second-order valence-corrected chi connectivity index (χ2v) is 6.55. The van der Waals surface area contributed by atoms with E-state index in [0.29, 0.717) is 12.1 Å². The van der Waals surface area contributed by atoms with E-state index in [2.05, 4.69) is 4.52 Å². The number of rotatable bonds is 7. The van der Waals surface area contributed by atoms with Crippen LogP contribution in [0, 0.1) is 10.1 Å². The van der Waals surface area contributed by atoms with Crippen molar-refractivity contribution in [1.29, 1.82) is 0 Å². The average Bonchev–Trinajstić information content (AvgIpc) is 2.46. The molecule has 23 heavy (non-hydrogen) atoms. The number of hydrogen-bond acceptors (Lipinski definition) is 4. The fraction of sp³-hybridized carbons (Fsp3) is 0.500. The molecule has 2 atom stereocenters. The Hall–Kier alpha value is -1.51. The van der Waals surface area contributed by atoms with Gasteiger partial charge in [0.15, 0.2) is 0 Å². The molecule has 1 aromatic rings. The fourth-order valence-corrected chi connectivity index (χ4v) is 2.87. The van der Waals surface area contributed by atoms with Crippen molar-refractivity contribution in [3.63, 3.8) is 0 Å². The molecule has 0 aromatic heterocycles. The lowest BCUT2D eigenvalue weighted by Crippen LogP contribution is -2.39. The van der Waals surface area contributed by atoms with Crippen LogP contribution < -0.4 is 0 Å². The summed E-state index contributed by atoms with van der Waals surface area (Å²) < 4.78 is 72.1. The molecule has 0 aliphatic heterocycles. The van der Waals surface area contributed by atoms with Crippen LogP contribution >= 0.6 is 7.60 Å². The van der Waals surface area contributed by atoms with Crippen LogP contribution in [0.15, 0.2) is 24.3 Å². The predicted octanol–water partition coefficient (Wildman–Crippen LogP) is 4.28. The molecule has 0 heterocycles. The van der Waals surface area contributed by atoms with Crippen molar-refractivity contribution in [2.75, 3.05) is 0 Å². The van der Waals surface area contributed by atoms with E-state index in [9.17, 15) is 37.1 Å². The summed E-state index contributed by atoms with van der Waals surface area (Å²) in [6.45, 7) is 2.59. The Morgan fingerprint density at radius 3 is 2.35 bits per heavy atom. The van der Waals surface area contributed by atoms with Crippen molar-refractivity contribution in [2.45, 2.75) is 38.0 Å². The van der Waals surface area contributed by atoms with Crippen LogP contribution in [0.1, 0.15) is 25.8 Å². The Morgan fingerprint density at radius 2 is 1.87 bits per heavy atom. The zero-order chi connectivity index (χ0) is 18.1. The van der Waals surface area contributed by atoms with Crippen LogP contribution in [0.3, 0.4) is 0 Å². The lowest BCUT2D eigenvalue weighted by atomic mass is 10.1. The molecule has 0 saturated heterocycles. The van der Waals surface area contributed by atoms with Crippen molar-refractivity contribution < 1.29 is 36.5 Å². The van der Waals surface area contributed by atoms with Gasteiger partial charge in [-0.2, -0.15) is 17.6 Å². The lowest BCUT2D eigenvalue weighted by Gasteiger charge is -2.30. The van der Waals surface area contributed by atoms with E-state index >= 15 is 0 Å². The van der Waals surface area contributed by atoms with E-state index in [1.165, 1.54) is 6.92 Å². The largest absolute Gasteiger partial charge is 0.412 e. The number of alkyl halides is 4. The Balaban J connectivity index is 3.41. The van der Waals surface area contributed by atoms with Crippen molar-refractivity contribution in [3.8, 4) is 0 Å². The summed E-state index contributed by atoms with van der Waals surface area (Å²) in [5.74, 6) is -5.28. The first-order chi connectivity index (χ1) is 10.4. The van der Waals surface area contributed by atoms with Crippen molar-refractivity contribution >= 4 is 13.3 Å². The Labute approximate surface area is 128 Å². The Kier molecular flexibility index (Phi) is 5.56. The zero-order valence-corrected chi connectivity index (χ0v) is 13.0. The molecule has 11 heteroatoms. The number of halogens is 4. The normalized spacial score (nSPS) is 16.7. The number of nitro groups is 1. The summed E-state index contributed by atoms with van der Waals surface area (Å²) in [6.07, 6.45) is -1.16. The molecule has 1 N–H and O–H groups in total. The van der Waals surface area contributed by atoms with Crippen LogP contribution in [0.5, 0.6) is 0 Å². The number of benzene rings is 1. The predicted molar refractivity (Wildman–Crippen MR) is 72.6 cm³/mol. The highest BCUT2D eigenvalue weighted by Crippen LogP contribution is 2.67. The quantitative estimate of drug-likeness (QED) is 0.340. The molecule has 0 spiro atoms. The molecular formula is C12H14F4NO5P. The highest BCUT2D eigenvalue weighted by atomic mass is 31.2. The first-order valence-electron chi connectivity index (χ1n) is 6.39. The summed E-state index contributed by atoms with van der Waals surface area (Å²) in [4.78, 5) is 18.8. The first kappa shape index (κ1) is 19.5. The molecule has 0 amide bonds. The molecular weight excluding hydrogens is 345 g/mol. The minimum atomic E-state index is -6.11. The minimum Gasteiger partial charge on any atom is -0.320 e. The number of nitro benzene ring substituents is 1.